The first-order chi connectivity index (χ1) is 29.8. The Labute approximate surface area is 362 Å². The molecule has 12 nitrogen and oxygen atoms in total. The zero-order valence-corrected chi connectivity index (χ0v) is 36.0. The second kappa shape index (κ2) is 19.4. The van der Waals surface area contributed by atoms with Crippen LogP contribution >= 0.6 is 0 Å². The number of hydrogen-bond donors (Lipinski definition) is 12. The molecule has 0 atom stereocenters. The monoisotopic (exact) mass is 848 g/mol. The average Bonchev–Trinajstić information content (AvgIpc) is 3.28. The maximum absolute atomic E-state index is 12.7. The number of rotatable bonds is 19. The van der Waals surface area contributed by atoms with E-state index >= 15 is 0 Å². The van der Waals surface area contributed by atoms with Crippen molar-refractivity contribution in [1.29, 1.82) is 0 Å². The maximum atomic E-state index is 12.7. The topological polar surface area (TPSA) is 226 Å². The van der Waals surface area contributed by atoms with Gasteiger partial charge in [0.05, 0.1) is 0 Å². The largest absolute Gasteiger partial charge is 0.507 e. The lowest BCUT2D eigenvalue weighted by atomic mass is 9.78. The highest BCUT2D eigenvalue weighted by Gasteiger charge is 2.35. The van der Waals surface area contributed by atoms with E-state index in [1.54, 1.807) is 62.6 Å². The van der Waals surface area contributed by atoms with Crippen LogP contribution in [0, 0.1) is 0 Å². The minimum atomic E-state index is -1.05. The molecule has 0 unspecified atom stereocenters. The van der Waals surface area contributed by atoms with E-state index in [0.717, 1.165) is 75.6 Å². The first kappa shape index (κ1) is 45.0. The molecule has 0 fully saturated rings. The van der Waals surface area contributed by atoms with Crippen molar-refractivity contribution in [3.05, 3.63) is 59.7 Å². The normalized spacial score (nSPS) is 11.5. The van der Waals surface area contributed by atoms with Crippen LogP contribution in [0.15, 0.2) is 48.5 Å². The molecule has 6 rings (SSSR count). The first-order valence-electron chi connectivity index (χ1n) is 21.8. The summed E-state index contributed by atoms with van der Waals surface area (Å²) in [7, 11) is 3.49. The smallest absolute Gasteiger partial charge is 0.204 e. The molecular formula is C50H60N2O10. The summed E-state index contributed by atoms with van der Waals surface area (Å²) >= 11 is 0. The van der Waals surface area contributed by atoms with Crippen molar-refractivity contribution in [3.63, 3.8) is 0 Å². The number of nitrogens with one attached hydrogen (secondary N) is 2. The van der Waals surface area contributed by atoms with Crippen LogP contribution in [0.4, 0.5) is 11.4 Å². The van der Waals surface area contributed by atoms with Gasteiger partial charge in [0.25, 0.3) is 0 Å². The van der Waals surface area contributed by atoms with Gasteiger partial charge in [0.1, 0.15) is 11.5 Å². The Morgan fingerprint density at radius 2 is 0.597 bits per heavy atom. The molecule has 0 spiro atoms. The molecule has 0 heterocycles. The molecule has 0 aliphatic heterocycles. The first-order valence-corrected chi connectivity index (χ1v) is 21.8. The van der Waals surface area contributed by atoms with E-state index in [1.165, 1.54) is 0 Å². The highest BCUT2D eigenvalue weighted by atomic mass is 16.4. The molecule has 0 aliphatic carbocycles. The summed E-state index contributed by atoms with van der Waals surface area (Å²) in [6, 6.07) is 13.8. The average molecular weight is 849 g/mol. The zero-order valence-electron chi connectivity index (χ0n) is 36.0. The molecule has 0 saturated heterocycles. The van der Waals surface area contributed by atoms with E-state index in [1.807, 2.05) is 0 Å². The number of anilines is 2. The van der Waals surface area contributed by atoms with E-state index in [2.05, 4.69) is 24.5 Å². The van der Waals surface area contributed by atoms with Gasteiger partial charge in [-0.25, -0.2) is 0 Å². The van der Waals surface area contributed by atoms with Gasteiger partial charge in [-0.3, -0.25) is 0 Å². The van der Waals surface area contributed by atoms with Crippen LogP contribution in [0.25, 0.3) is 54.9 Å². The van der Waals surface area contributed by atoms with Crippen molar-refractivity contribution in [3.8, 4) is 90.9 Å². The molecule has 0 aliphatic rings. The van der Waals surface area contributed by atoms with Crippen LogP contribution in [0.3, 0.4) is 0 Å². The number of unbranched alkanes of at least 4 members (excludes halogenated alkanes) is 10. The van der Waals surface area contributed by atoms with Gasteiger partial charge in [0, 0.05) is 80.4 Å². The Balaban J connectivity index is 1.85. The third-order valence-corrected chi connectivity index (χ3v) is 12.2. The Morgan fingerprint density at radius 3 is 0.887 bits per heavy atom. The molecule has 6 aromatic carbocycles. The molecule has 6 aromatic rings. The van der Waals surface area contributed by atoms with E-state index in [4.69, 9.17) is 0 Å². The van der Waals surface area contributed by atoms with Gasteiger partial charge < -0.3 is 61.7 Å². The molecular weight excluding hydrogens is 789 g/mol. The summed E-state index contributed by atoms with van der Waals surface area (Å²) in [6.07, 6.45) is 10.8. The third kappa shape index (κ3) is 8.25. The standard InChI is InChI=1S/C50H60N2O10/c1-5-7-9-11-13-15-17-31-35(39-37(43(55)47(59)49(61)45(39)57)33(41(31)53)27-19-23-29(51-3)24-20-27)36-32(18-16-14-12-10-8-6-2)42(54)34(28-21-25-30(52-4)26-22-28)38-40(36)46(58)50(62)48(60)44(38)56/h19-26,51-62H,5-18H2,1-4H3. The SMILES string of the molecule is CCCCCCCCc1c(O)c(-c2ccc(NC)cc2)c2c(O)c(O)c(O)c(O)c2c1-c1c(CCCCCCCC)c(O)c(-c2ccc(NC)cc2)c2c(O)c(O)c(O)c(O)c12. The molecule has 0 saturated carbocycles. The molecule has 12 N–H and O–H groups in total. The Hall–Kier alpha value is -6.56. The summed E-state index contributed by atoms with van der Waals surface area (Å²) < 4.78 is 0. The summed E-state index contributed by atoms with van der Waals surface area (Å²) in [5.41, 5.74) is 2.72. The van der Waals surface area contributed by atoms with Gasteiger partial charge in [-0.05, 0) is 61.1 Å². The number of hydrogen-bond acceptors (Lipinski definition) is 12. The van der Waals surface area contributed by atoms with Crippen LogP contribution in [0.1, 0.15) is 102 Å². The van der Waals surface area contributed by atoms with Crippen molar-refractivity contribution in [1.82, 2.24) is 0 Å². The van der Waals surface area contributed by atoms with Crippen molar-refractivity contribution >= 4 is 32.9 Å². The fourth-order valence-electron chi connectivity index (χ4n) is 8.82. The van der Waals surface area contributed by atoms with Gasteiger partial charge in [-0.15, -0.1) is 0 Å². The lowest BCUT2D eigenvalue weighted by Crippen LogP contribution is -2.03. The lowest BCUT2D eigenvalue weighted by molar-refractivity contribution is 0.350. The molecule has 0 radical (unpaired) electrons. The second-order valence-electron chi connectivity index (χ2n) is 16.1. The molecule has 330 valence electrons. The van der Waals surface area contributed by atoms with Crippen molar-refractivity contribution in [2.45, 2.75) is 104 Å². The van der Waals surface area contributed by atoms with Gasteiger partial charge in [-0.1, -0.05) is 102 Å². The molecule has 12 heteroatoms. The number of benzene rings is 6. The van der Waals surface area contributed by atoms with Crippen molar-refractivity contribution in [2.75, 3.05) is 24.7 Å². The minimum Gasteiger partial charge on any atom is -0.507 e. The van der Waals surface area contributed by atoms with Crippen molar-refractivity contribution in [2.24, 2.45) is 0 Å². The van der Waals surface area contributed by atoms with E-state index < -0.39 is 46.0 Å². The van der Waals surface area contributed by atoms with Gasteiger partial charge in [0.15, 0.2) is 23.0 Å². The zero-order chi connectivity index (χ0) is 44.8. The van der Waals surface area contributed by atoms with Crippen LogP contribution in [0.5, 0.6) is 57.5 Å². The molecule has 0 bridgehead atoms. The predicted octanol–water partition coefficient (Wildman–Crippen LogP) is 11.9. The fraction of sp³-hybridized carbons (Fsp3) is 0.360. The van der Waals surface area contributed by atoms with Crippen LogP contribution in [0.2, 0.25) is 0 Å². The number of fused-ring (bicyclic) bond motifs is 2. The number of aromatic hydroxyl groups is 10. The van der Waals surface area contributed by atoms with Crippen molar-refractivity contribution < 1.29 is 51.1 Å². The summed E-state index contributed by atoms with van der Waals surface area (Å²) in [4.78, 5) is 0. The van der Waals surface area contributed by atoms with Gasteiger partial charge >= 0.3 is 0 Å². The highest BCUT2D eigenvalue weighted by Crippen LogP contribution is 2.63. The van der Waals surface area contributed by atoms with E-state index in [9.17, 15) is 51.1 Å². The van der Waals surface area contributed by atoms with Crippen LogP contribution in [-0.4, -0.2) is 65.2 Å². The predicted molar refractivity (Wildman–Crippen MR) is 248 cm³/mol. The minimum absolute atomic E-state index is 0.0251. The summed E-state index contributed by atoms with van der Waals surface area (Å²) in [6.45, 7) is 4.24. The Morgan fingerprint density at radius 1 is 0.323 bits per heavy atom. The van der Waals surface area contributed by atoms with E-state index in [0.29, 0.717) is 24.0 Å². The van der Waals surface area contributed by atoms with Gasteiger partial charge in [-0.2, -0.15) is 0 Å². The molecule has 0 amide bonds. The summed E-state index contributed by atoms with van der Waals surface area (Å²) in [5.74, 6) is -8.30. The quantitative estimate of drug-likeness (QED) is 0.0208. The maximum Gasteiger partial charge on any atom is 0.204 e. The highest BCUT2D eigenvalue weighted by molar-refractivity contribution is 6.23. The number of phenolic OH excluding ortho intramolecular Hbond substituents is 10. The third-order valence-electron chi connectivity index (χ3n) is 12.2. The lowest BCUT2D eigenvalue weighted by Gasteiger charge is -2.27. The van der Waals surface area contributed by atoms with Gasteiger partial charge in [0.2, 0.25) is 23.0 Å². The fourth-order valence-corrected chi connectivity index (χ4v) is 8.82. The Kier molecular flexibility index (Phi) is 14.1. The molecule has 62 heavy (non-hydrogen) atoms. The molecule has 0 aromatic heterocycles. The second-order valence-corrected chi connectivity index (χ2v) is 16.1. The summed E-state index contributed by atoms with van der Waals surface area (Å²) in [5, 5.41) is 123. The van der Waals surface area contributed by atoms with Crippen LogP contribution in [-0.2, 0) is 12.8 Å². The Bertz CT molecular complexity index is 2390. The number of phenols is 10. The van der Waals surface area contributed by atoms with E-state index in [-0.39, 0.29) is 79.3 Å². The van der Waals surface area contributed by atoms with Crippen LogP contribution < -0.4 is 10.6 Å².